The number of benzene rings is 1. The second-order valence-corrected chi connectivity index (χ2v) is 3.34. The van der Waals surface area contributed by atoms with Crippen molar-refractivity contribution in [3.8, 4) is 5.75 Å². The SMILES string of the molecule is COC(=O)Cc1cc(C)cc(C)c1O. The Labute approximate surface area is 83.3 Å². The summed E-state index contributed by atoms with van der Waals surface area (Å²) >= 11 is 0. The average Bonchev–Trinajstić information content (AvgIpc) is 2.13. The summed E-state index contributed by atoms with van der Waals surface area (Å²) in [5, 5.41) is 9.66. The molecule has 3 nitrogen and oxygen atoms in total. The van der Waals surface area contributed by atoms with Crippen LogP contribution >= 0.6 is 0 Å². The number of carbonyl (C=O) groups is 1. The predicted octanol–water partition coefficient (Wildman–Crippen LogP) is 1.72. The molecule has 0 fully saturated rings. The first-order valence-electron chi connectivity index (χ1n) is 4.40. The van der Waals surface area contributed by atoms with Crippen LogP contribution in [0.4, 0.5) is 0 Å². The number of rotatable bonds is 2. The molecular formula is C11H14O3. The van der Waals surface area contributed by atoms with Gasteiger partial charge in [-0.25, -0.2) is 0 Å². The van der Waals surface area contributed by atoms with Gasteiger partial charge in [0.25, 0.3) is 0 Å². The molecule has 0 saturated heterocycles. The highest BCUT2D eigenvalue weighted by molar-refractivity contribution is 5.73. The molecule has 0 radical (unpaired) electrons. The predicted molar refractivity (Wildman–Crippen MR) is 53.3 cm³/mol. The fourth-order valence-electron chi connectivity index (χ4n) is 1.41. The maximum absolute atomic E-state index is 11.0. The molecular weight excluding hydrogens is 180 g/mol. The van der Waals surface area contributed by atoms with E-state index in [-0.39, 0.29) is 18.1 Å². The fourth-order valence-corrected chi connectivity index (χ4v) is 1.41. The molecule has 76 valence electrons. The third-order valence-corrected chi connectivity index (χ3v) is 2.09. The highest BCUT2D eigenvalue weighted by Crippen LogP contribution is 2.24. The van der Waals surface area contributed by atoms with Gasteiger partial charge in [-0.1, -0.05) is 17.7 Å². The zero-order chi connectivity index (χ0) is 10.7. The summed E-state index contributed by atoms with van der Waals surface area (Å²) in [6, 6.07) is 3.66. The van der Waals surface area contributed by atoms with Crippen molar-refractivity contribution >= 4 is 5.97 Å². The minimum atomic E-state index is -0.342. The number of methoxy groups -OCH3 is 1. The van der Waals surface area contributed by atoms with E-state index in [0.717, 1.165) is 11.1 Å². The van der Waals surface area contributed by atoms with E-state index in [1.54, 1.807) is 6.07 Å². The van der Waals surface area contributed by atoms with Crippen molar-refractivity contribution in [3.63, 3.8) is 0 Å². The van der Waals surface area contributed by atoms with E-state index in [1.807, 2.05) is 19.9 Å². The fraction of sp³-hybridized carbons (Fsp3) is 0.364. The van der Waals surface area contributed by atoms with E-state index in [4.69, 9.17) is 0 Å². The third kappa shape index (κ3) is 2.25. The van der Waals surface area contributed by atoms with E-state index in [9.17, 15) is 9.90 Å². The van der Waals surface area contributed by atoms with Gasteiger partial charge in [0.1, 0.15) is 5.75 Å². The van der Waals surface area contributed by atoms with E-state index in [2.05, 4.69) is 4.74 Å². The van der Waals surface area contributed by atoms with Crippen LogP contribution in [0.1, 0.15) is 16.7 Å². The van der Waals surface area contributed by atoms with Crippen LogP contribution in [0, 0.1) is 13.8 Å². The standard InChI is InChI=1S/C11H14O3/c1-7-4-8(2)11(13)9(5-7)6-10(12)14-3/h4-5,13H,6H2,1-3H3. The van der Waals surface area contributed by atoms with Crippen molar-refractivity contribution < 1.29 is 14.6 Å². The van der Waals surface area contributed by atoms with E-state index in [0.29, 0.717) is 5.56 Å². The van der Waals surface area contributed by atoms with Crippen LogP contribution in [-0.2, 0) is 16.0 Å². The summed E-state index contributed by atoms with van der Waals surface area (Å²) in [6.07, 6.45) is 0.116. The lowest BCUT2D eigenvalue weighted by Crippen LogP contribution is -2.05. The number of ether oxygens (including phenoxy) is 1. The first kappa shape index (κ1) is 10.6. The van der Waals surface area contributed by atoms with Crippen LogP contribution in [0.2, 0.25) is 0 Å². The van der Waals surface area contributed by atoms with Crippen molar-refractivity contribution in [3.05, 3.63) is 28.8 Å². The van der Waals surface area contributed by atoms with Gasteiger partial charge in [0.2, 0.25) is 0 Å². The lowest BCUT2D eigenvalue weighted by molar-refractivity contribution is -0.139. The smallest absolute Gasteiger partial charge is 0.310 e. The van der Waals surface area contributed by atoms with E-state index >= 15 is 0 Å². The molecule has 1 N–H and O–H groups in total. The van der Waals surface area contributed by atoms with Crippen molar-refractivity contribution in [2.75, 3.05) is 7.11 Å². The number of hydrogen-bond acceptors (Lipinski definition) is 3. The molecule has 0 amide bonds. The van der Waals surface area contributed by atoms with Crippen LogP contribution < -0.4 is 0 Å². The lowest BCUT2D eigenvalue weighted by atomic mass is 10.0. The third-order valence-electron chi connectivity index (χ3n) is 2.09. The molecule has 0 aliphatic rings. The molecule has 14 heavy (non-hydrogen) atoms. The molecule has 0 heterocycles. The van der Waals surface area contributed by atoms with Gasteiger partial charge in [0.05, 0.1) is 13.5 Å². The maximum atomic E-state index is 11.0. The quantitative estimate of drug-likeness (QED) is 0.729. The van der Waals surface area contributed by atoms with Crippen molar-refractivity contribution in [2.45, 2.75) is 20.3 Å². The van der Waals surface area contributed by atoms with E-state index in [1.165, 1.54) is 7.11 Å². The van der Waals surface area contributed by atoms with Crippen LogP contribution in [0.3, 0.4) is 0 Å². The number of carbonyl (C=O) groups excluding carboxylic acids is 1. The largest absolute Gasteiger partial charge is 0.507 e. The number of hydrogen-bond donors (Lipinski definition) is 1. The Morgan fingerprint density at radius 3 is 2.64 bits per heavy atom. The Morgan fingerprint density at radius 2 is 2.07 bits per heavy atom. The number of phenolic OH excluding ortho intramolecular Hbond substituents is 1. The summed E-state index contributed by atoms with van der Waals surface area (Å²) < 4.78 is 4.54. The summed E-state index contributed by atoms with van der Waals surface area (Å²) in [6.45, 7) is 3.73. The van der Waals surface area contributed by atoms with Crippen LogP contribution in [0.5, 0.6) is 5.75 Å². The van der Waals surface area contributed by atoms with Gasteiger partial charge in [-0.15, -0.1) is 0 Å². The second kappa shape index (κ2) is 4.13. The van der Waals surface area contributed by atoms with Gasteiger partial charge in [0, 0.05) is 5.56 Å². The molecule has 1 aromatic rings. The molecule has 0 bridgehead atoms. The lowest BCUT2D eigenvalue weighted by Gasteiger charge is -2.07. The first-order chi connectivity index (χ1) is 6.54. The van der Waals surface area contributed by atoms with Gasteiger partial charge in [-0.3, -0.25) is 4.79 Å². The number of aromatic hydroxyl groups is 1. The summed E-state index contributed by atoms with van der Waals surface area (Å²) in [4.78, 5) is 11.0. The van der Waals surface area contributed by atoms with E-state index < -0.39 is 0 Å². The minimum absolute atomic E-state index is 0.116. The molecule has 0 spiro atoms. The molecule has 0 aliphatic carbocycles. The van der Waals surface area contributed by atoms with Crippen molar-refractivity contribution in [1.82, 2.24) is 0 Å². The monoisotopic (exact) mass is 194 g/mol. The zero-order valence-corrected chi connectivity index (χ0v) is 8.63. The Balaban J connectivity index is 3.02. The second-order valence-electron chi connectivity index (χ2n) is 3.34. The van der Waals surface area contributed by atoms with Crippen LogP contribution in [-0.4, -0.2) is 18.2 Å². The topological polar surface area (TPSA) is 46.5 Å². The Bertz CT molecular complexity index is 356. The van der Waals surface area contributed by atoms with Gasteiger partial charge in [-0.05, 0) is 19.4 Å². The van der Waals surface area contributed by atoms with Crippen molar-refractivity contribution in [1.29, 1.82) is 0 Å². The maximum Gasteiger partial charge on any atom is 0.310 e. The average molecular weight is 194 g/mol. The van der Waals surface area contributed by atoms with Crippen LogP contribution in [0.15, 0.2) is 12.1 Å². The molecule has 0 atom stereocenters. The molecule has 0 saturated carbocycles. The summed E-state index contributed by atoms with van der Waals surface area (Å²) in [5.41, 5.74) is 2.43. The van der Waals surface area contributed by atoms with Crippen molar-refractivity contribution in [2.24, 2.45) is 0 Å². The summed E-state index contributed by atoms with van der Waals surface area (Å²) in [7, 11) is 1.34. The summed E-state index contributed by atoms with van der Waals surface area (Å²) in [5.74, 6) is -0.161. The highest BCUT2D eigenvalue weighted by Gasteiger charge is 2.09. The van der Waals surface area contributed by atoms with Gasteiger partial charge in [-0.2, -0.15) is 0 Å². The number of esters is 1. The zero-order valence-electron chi connectivity index (χ0n) is 8.63. The molecule has 1 rings (SSSR count). The molecule has 1 aromatic carbocycles. The molecule has 3 heteroatoms. The van der Waals surface area contributed by atoms with Crippen LogP contribution in [0.25, 0.3) is 0 Å². The highest BCUT2D eigenvalue weighted by atomic mass is 16.5. The number of phenols is 1. The van der Waals surface area contributed by atoms with Gasteiger partial charge in [0.15, 0.2) is 0 Å². The van der Waals surface area contributed by atoms with Gasteiger partial charge >= 0.3 is 5.97 Å². The normalized spacial score (nSPS) is 9.93. The number of aryl methyl sites for hydroxylation is 2. The molecule has 0 unspecified atom stereocenters. The Morgan fingerprint density at radius 1 is 1.43 bits per heavy atom. The Hall–Kier alpha value is -1.51. The Kier molecular flexibility index (Phi) is 3.12. The minimum Gasteiger partial charge on any atom is -0.507 e. The van der Waals surface area contributed by atoms with Gasteiger partial charge < -0.3 is 9.84 Å². The molecule has 0 aromatic heterocycles. The molecule has 0 aliphatic heterocycles. The first-order valence-corrected chi connectivity index (χ1v) is 4.40.